The predicted octanol–water partition coefficient (Wildman–Crippen LogP) is 3.07. The lowest BCUT2D eigenvalue weighted by Crippen LogP contribution is -2.18. The average Bonchev–Trinajstić information content (AvgIpc) is 2.12. The average molecular weight is 216 g/mol. The fourth-order valence-electron chi connectivity index (χ4n) is 0.877. The maximum absolute atomic E-state index is 13.3. The maximum atomic E-state index is 13.3. The topological polar surface area (TPSA) is 29.1 Å². The van der Waals surface area contributed by atoms with Gasteiger partial charge in [0.2, 0.25) is 5.91 Å². The van der Waals surface area contributed by atoms with Gasteiger partial charge in [0.15, 0.2) is 5.82 Å². The third-order valence-corrected chi connectivity index (χ3v) is 2.03. The van der Waals surface area contributed by atoms with Crippen molar-refractivity contribution >= 4 is 23.2 Å². The van der Waals surface area contributed by atoms with Crippen molar-refractivity contribution in [1.82, 2.24) is 0 Å². The molecule has 0 aliphatic rings. The Hall–Kier alpha value is -1.09. The van der Waals surface area contributed by atoms with Crippen LogP contribution in [0.3, 0.4) is 0 Å². The Morgan fingerprint density at radius 3 is 2.71 bits per heavy atom. The minimum atomic E-state index is -0.594. The molecule has 76 valence electrons. The van der Waals surface area contributed by atoms with Gasteiger partial charge < -0.3 is 5.32 Å². The van der Waals surface area contributed by atoms with E-state index in [1.807, 2.05) is 0 Å². The van der Waals surface area contributed by atoms with Crippen molar-refractivity contribution in [2.45, 2.75) is 13.8 Å². The summed E-state index contributed by atoms with van der Waals surface area (Å²) in [6, 6.07) is 4.49. The molecule has 0 bridgehead atoms. The van der Waals surface area contributed by atoms with Crippen LogP contribution in [-0.2, 0) is 4.79 Å². The summed E-state index contributed by atoms with van der Waals surface area (Å²) in [4.78, 5) is 11.3. The first-order valence-corrected chi connectivity index (χ1v) is 4.65. The van der Waals surface area contributed by atoms with Crippen molar-refractivity contribution < 1.29 is 9.18 Å². The monoisotopic (exact) mass is 215 g/mol. The Morgan fingerprint density at radius 1 is 1.50 bits per heavy atom. The fourth-order valence-corrected chi connectivity index (χ4v) is 1.05. The highest BCUT2D eigenvalue weighted by molar-refractivity contribution is 6.31. The number of carbonyl (C=O) groups excluding carboxylic acids is 1. The minimum absolute atomic E-state index is 0.00607. The zero-order valence-electron chi connectivity index (χ0n) is 7.97. The highest BCUT2D eigenvalue weighted by Gasteiger charge is 2.11. The van der Waals surface area contributed by atoms with Crippen molar-refractivity contribution in [3.05, 3.63) is 29.0 Å². The highest BCUT2D eigenvalue weighted by Crippen LogP contribution is 2.22. The standard InChI is InChI=1S/C10H11ClFNO/c1-6(2)10(14)13-8-5-3-4-7(11)9(8)12/h3-6H,1-2H3,(H,13,14). The van der Waals surface area contributed by atoms with Crippen LogP contribution in [0, 0.1) is 11.7 Å². The molecule has 0 radical (unpaired) electrons. The van der Waals surface area contributed by atoms with Crippen LogP contribution in [0.1, 0.15) is 13.8 Å². The molecule has 0 spiro atoms. The van der Waals surface area contributed by atoms with Gasteiger partial charge in [0.25, 0.3) is 0 Å². The van der Waals surface area contributed by atoms with Gasteiger partial charge in [0.1, 0.15) is 0 Å². The molecule has 0 aromatic heterocycles. The molecule has 0 fully saturated rings. The first kappa shape index (κ1) is 11.0. The largest absolute Gasteiger partial charge is 0.323 e. The second-order valence-corrected chi connectivity index (χ2v) is 3.65. The first-order valence-electron chi connectivity index (χ1n) is 4.27. The van der Waals surface area contributed by atoms with Crippen LogP contribution >= 0.6 is 11.6 Å². The molecule has 0 aliphatic carbocycles. The summed E-state index contributed by atoms with van der Waals surface area (Å²) in [6.07, 6.45) is 0. The normalized spacial score (nSPS) is 10.4. The molecule has 14 heavy (non-hydrogen) atoms. The smallest absolute Gasteiger partial charge is 0.227 e. The fraction of sp³-hybridized carbons (Fsp3) is 0.300. The quantitative estimate of drug-likeness (QED) is 0.807. The zero-order chi connectivity index (χ0) is 10.7. The molecule has 0 unspecified atom stereocenters. The number of halogens is 2. The SMILES string of the molecule is CC(C)C(=O)Nc1cccc(Cl)c1F. The van der Waals surface area contributed by atoms with Gasteiger partial charge >= 0.3 is 0 Å². The lowest BCUT2D eigenvalue weighted by Gasteiger charge is -2.08. The summed E-state index contributed by atoms with van der Waals surface area (Å²) < 4.78 is 13.3. The molecular formula is C10H11ClFNO. The molecule has 0 saturated carbocycles. The molecule has 1 rings (SSSR count). The van der Waals surface area contributed by atoms with Crippen LogP contribution in [0.2, 0.25) is 5.02 Å². The van der Waals surface area contributed by atoms with Crippen LogP contribution in [-0.4, -0.2) is 5.91 Å². The van der Waals surface area contributed by atoms with Gasteiger partial charge in [-0.15, -0.1) is 0 Å². The van der Waals surface area contributed by atoms with Crippen molar-refractivity contribution in [2.24, 2.45) is 5.92 Å². The third-order valence-electron chi connectivity index (χ3n) is 1.73. The number of benzene rings is 1. The number of carbonyl (C=O) groups is 1. The van der Waals surface area contributed by atoms with Crippen LogP contribution in [0.5, 0.6) is 0 Å². The molecule has 1 N–H and O–H groups in total. The number of amides is 1. The lowest BCUT2D eigenvalue weighted by molar-refractivity contribution is -0.118. The Balaban J connectivity index is 2.87. The van der Waals surface area contributed by atoms with E-state index in [4.69, 9.17) is 11.6 Å². The number of rotatable bonds is 2. The first-order chi connectivity index (χ1) is 6.52. The molecular weight excluding hydrogens is 205 g/mol. The Labute approximate surface area is 87.1 Å². The van der Waals surface area contributed by atoms with Gasteiger partial charge in [0.05, 0.1) is 10.7 Å². The molecule has 0 aliphatic heterocycles. The van der Waals surface area contributed by atoms with E-state index in [1.165, 1.54) is 12.1 Å². The second kappa shape index (κ2) is 4.42. The molecule has 0 atom stereocenters. The minimum Gasteiger partial charge on any atom is -0.323 e. The van der Waals surface area contributed by atoms with E-state index in [0.717, 1.165) is 0 Å². The third kappa shape index (κ3) is 2.45. The second-order valence-electron chi connectivity index (χ2n) is 3.25. The van der Waals surface area contributed by atoms with Gasteiger partial charge in [-0.2, -0.15) is 0 Å². The van der Waals surface area contributed by atoms with Crippen LogP contribution in [0.15, 0.2) is 18.2 Å². The molecule has 0 heterocycles. The molecule has 1 aromatic carbocycles. The lowest BCUT2D eigenvalue weighted by atomic mass is 10.2. The highest BCUT2D eigenvalue weighted by atomic mass is 35.5. The summed E-state index contributed by atoms with van der Waals surface area (Å²) in [7, 11) is 0. The van der Waals surface area contributed by atoms with Gasteiger partial charge in [-0.1, -0.05) is 31.5 Å². The van der Waals surface area contributed by atoms with Crippen molar-refractivity contribution in [1.29, 1.82) is 0 Å². The van der Waals surface area contributed by atoms with Crippen LogP contribution in [0.25, 0.3) is 0 Å². The van der Waals surface area contributed by atoms with Gasteiger partial charge in [-0.25, -0.2) is 4.39 Å². The van der Waals surface area contributed by atoms with E-state index in [-0.39, 0.29) is 22.5 Å². The maximum Gasteiger partial charge on any atom is 0.227 e. The number of anilines is 1. The molecule has 1 amide bonds. The summed E-state index contributed by atoms with van der Waals surface area (Å²) in [6.45, 7) is 3.47. The Morgan fingerprint density at radius 2 is 2.14 bits per heavy atom. The van der Waals surface area contributed by atoms with Crippen molar-refractivity contribution in [3.63, 3.8) is 0 Å². The summed E-state index contributed by atoms with van der Waals surface area (Å²) >= 11 is 5.55. The van der Waals surface area contributed by atoms with Gasteiger partial charge in [-0.3, -0.25) is 4.79 Å². The van der Waals surface area contributed by atoms with E-state index < -0.39 is 5.82 Å². The molecule has 4 heteroatoms. The summed E-state index contributed by atoms with van der Waals surface area (Å²) in [5.74, 6) is -1.01. The zero-order valence-corrected chi connectivity index (χ0v) is 8.73. The van der Waals surface area contributed by atoms with Crippen molar-refractivity contribution in [2.75, 3.05) is 5.32 Å². The summed E-state index contributed by atoms with van der Waals surface area (Å²) in [5.41, 5.74) is 0.121. The number of hydrogen-bond donors (Lipinski definition) is 1. The van der Waals surface area contributed by atoms with Crippen LogP contribution < -0.4 is 5.32 Å². The number of hydrogen-bond acceptors (Lipinski definition) is 1. The molecule has 2 nitrogen and oxygen atoms in total. The molecule has 1 aromatic rings. The summed E-state index contributed by atoms with van der Waals surface area (Å²) in [5, 5.41) is 2.46. The van der Waals surface area contributed by atoms with Gasteiger partial charge in [0, 0.05) is 5.92 Å². The van der Waals surface area contributed by atoms with Gasteiger partial charge in [-0.05, 0) is 12.1 Å². The van der Waals surface area contributed by atoms with E-state index in [2.05, 4.69) is 5.32 Å². The van der Waals surface area contributed by atoms with Crippen LogP contribution in [0.4, 0.5) is 10.1 Å². The van der Waals surface area contributed by atoms with E-state index in [1.54, 1.807) is 19.9 Å². The molecule has 0 saturated heterocycles. The predicted molar refractivity (Wildman–Crippen MR) is 54.9 cm³/mol. The number of nitrogens with one attached hydrogen (secondary N) is 1. The van der Waals surface area contributed by atoms with E-state index in [9.17, 15) is 9.18 Å². The van der Waals surface area contributed by atoms with E-state index >= 15 is 0 Å². The van der Waals surface area contributed by atoms with E-state index in [0.29, 0.717) is 0 Å². The Bertz CT molecular complexity index is 352. The van der Waals surface area contributed by atoms with Crippen molar-refractivity contribution in [3.8, 4) is 0 Å². The Kier molecular flexibility index (Phi) is 3.47.